The summed E-state index contributed by atoms with van der Waals surface area (Å²) in [6, 6.07) is 16.5. The van der Waals surface area contributed by atoms with Crippen LogP contribution in [0.2, 0.25) is 0 Å². The maximum Gasteiger partial charge on any atom is 0.442 e. The highest BCUT2D eigenvalue weighted by atomic mass is 32.2. The minimum atomic E-state index is -0.534. The van der Waals surface area contributed by atoms with Gasteiger partial charge in [0.05, 0.1) is 17.5 Å². The van der Waals surface area contributed by atoms with Gasteiger partial charge in [0.2, 0.25) is 11.6 Å². The lowest BCUT2D eigenvalue weighted by atomic mass is 10.3. The zero-order valence-electron chi connectivity index (χ0n) is 15.0. The molecule has 1 atom stereocenters. The van der Waals surface area contributed by atoms with Crippen LogP contribution < -0.4 is 20.4 Å². The number of nitrogens with zero attached hydrogens (tertiary/aromatic N) is 1. The van der Waals surface area contributed by atoms with E-state index in [1.807, 2.05) is 49.4 Å². The molecule has 0 bridgehead atoms. The van der Waals surface area contributed by atoms with Crippen LogP contribution in [0.15, 0.2) is 68.9 Å². The predicted octanol–water partition coefficient (Wildman–Crippen LogP) is 2.76. The van der Waals surface area contributed by atoms with E-state index in [1.165, 1.54) is 4.68 Å². The van der Waals surface area contributed by atoms with Gasteiger partial charge >= 0.3 is 10.7 Å². The first kappa shape index (κ1) is 18.8. The van der Waals surface area contributed by atoms with Crippen molar-refractivity contribution in [3.05, 3.63) is 65.0 Å². The molecule has 1 amide bonds. The molecule has 0 radical (unpaired) electrons. The summed E-state index contributed by atoms with van der Waals surface area (Å²) in [5, 5.41) is 5.18. The molecule has 0 aliphatic rings. The average Bonchev–Trinajstić information content (AvgIpc) is 3.04. The number of nitrogens with one attached hydrogen (secondary N) is 2. The van der Waals surface area contributed by atoms with Crippen LogP contribution in [0.4, 0.5) is 5.69 Å². The van der Waals surface area contributed by atoms with Gasteiger partial charge in [-0.05, 0) is 47.7 Å². The number of hydrogen-bond donors (Lipinski definition) is 2. The molecule has 140 valence electrons. The SMILES string of the molecule is CCOc1ccccc1NC(=O)C(C)Sc1c(=O)o[nH][n+]1-c1ccccc1. The number of rotatable bonds is 7. The van der Waals surface area contributed by atoms with Crippen molar-refractivity contribution in [1.29, 1.82) is 0 Å². The summed E-state index contributed by atoms with van der Waals surface area (Å²) < 4.78 is 12.0. The van der Waals surface area contributed by atoms with E-state index in [4.69, 9.17) is 9.26 Å². The molecule has 0 fully saturated rings. The quantitative estimate of drug-likeness (QED) is 0.482. The molecule has 0 spiro atoms. The van der Waals surface area contributed by atoms with Crippen molar-refractivity contribution in [3.63, 3.8) is 0 Å². The number of aromatic amines is 1. The van der Waals surface area contributed by atoms with Crippen LogP contribution in [-0.2, 0) is 4.79 Å². The minimum absolute atomic E-state index is 0.243. The van der Waals surface area contributed by atoms with Gasteiger partial charge in [0.15, 0.2) is 0 Å². The highest BCUT2D eigenvalue weighted by Gasteiger charge is 2.29. The summed E-state index contributed by atoms with van der Waals surface area (Å²) in [6.07, 6.45) is 0. The predicted molar refractivity (Wildman–Crippen MR) is 102 cm³/mol. The van der Waals surface area contributed by atoms with Crippen LogP contribution in [-0.4, -0.2) is 23.0 Å². The fraction of sp³-hybridized carbons (Fsp3) is 0.211. The van der Waals surface area contributed by atoms with E-state index < -0.39 is 10.9 Å². The van der Waals surface area contributed by atoms with Crippen LogP contribution >= 0.6 is 11.8 Å². The number of hydrogen-bond acceptors (Lipinski definition) is 5. The highest BCUT2D eigenvalue weighted by Crippen LogP contribution is 2.26. The lowest BCUT2D eigenvalue weighted by Crippen LogP contribution is -2.37. The molecule has 1 unspecified atom stereocenters. The van der Waals surface area contributed by atoms with Crippen molar-refractivity contribution in [3.8, 4) is 11.4 Å². The van der Waals surface area contributed by atoms with Crippen LogP contribution in [0.5, 0.6) is 5.75 Å². The van der Waals surface area contributed by atoms with Crippen molar-refractivity contribution < 1.29 is 18.7 Å². The Morgan fingerprint density at radius 2 is 1.93 bits per heavy atom. The Bertz CT molecular complexity index is 968. The summed E-state index contributed by atoms with van der Waals surface area (Å²) in [6.45, 7) is 4.11. The van der Waals surface area contributed by atoms with Crippen LogP contribution in [0, 0.1) is 0 Å². The first-order valence-corrected chi connectivity index (χ1v) is 9.36. The second-order valence-corrected chi connectivity index (χ2v) is 6.96. The van der Waals surface area contributed by atoms with Crippen molar-refractivity contribution >= 4 is 23.4 Å². The molecule has 3 rings (SSSR count). The minimum Gasteiger partial charge on any atom is -0.492 e. The largest absolute Gasteiger partial charge is 0.492 e. The summed E-state index contributed by atoms with van der Waals surface area (Å²) in [7, 11) is 0. The van der Waals surface area contributed by atoms with Gasteiger partial charge in [-0.25, -0.2) is 4.79 Å². The number of ether oxygens (including phenoxy) is 1. The van der Waals surface area contributed by atoms with Gasteiger partial charge in [0.1, 0.15) is 5.75 Å². The molecular formula is C19H20N3O4S+. The van der Waals surface area contributed by atoms with Gasteiger partial charge in [-0.1, -0.05) is 30.3 Å². The normalized spacial score (nSPS) is 11.8. The molecule has 1 aromatic heterocycles. The number of carbonyl (C=O) groups is 1. The maximum atomic E-state index is 12.6. The van der Waals surface area contributed by atoms with E-state index in [0.29, 0.717) is 23.1 Å². The number of benzene rings is 2. The second kappa shape index (κ2) is 8.59. The van der Waals surface area contributed by atoms with Crippen LogP contribution in [0.1, 0.15) is 13.8 Å². The van der Waals surface area contributed by atoms with Crippen LogP contribution in [0.3, 0.4) is 0 Å². The standard InChI is InChI=1S/C19H19N3O4S/c1-3-25-16-12-8-7-11-15(16)20-17(23)13(2)27-18-19(24)26-21-22(18)14-9-5-4-6-10-14/h4-13H,3H2,1-2H3,(H-,20,21,23,24)/p+1. The lowest BCUT2D eigenvalue weighted by molar-refractivity contribution is -0.704. The maximum absolute atomic E-state index is 12.6. The molecule has 0 aliphatic heterocycles. The molecule has 1 heterocycles. The third kappa shape index (κ3) is 4.40. The molecule has 8 heteroatoms. The number of carbonyl (C=O) groups excluding carboxylic acids is 1. The van der Waals surface area contributed by atoms with Gasteiger partial charge in [-0.15, -0.1) is 0 Å². The van der Waals surface area contributed by atoms with Crippen LogP contribution in [0.25, 0.3) is 5.69 Å². The third-order valence-electron chi connectivity index (χ3n) is 3.72. The van der Waals surface area contributed by atoms with Gasteiger partial charge < -0.3 is 10.1 Å². The molecule has 2 N–H and O–H groups in total. The van der Waals surface area contributed by atoms with E-state index in [2.05, 4.69) is 10.6 Å². The summed E-state index contributed by atoms with van der Waals surface area (Å²) in [5.74, 6) is 0.360. The van der Waals surface area contributed by atoms with Gasteiger partial charge in [-0.3, -0.25) is 9.32 Å². The Hall–Kier alpha value is -3.00. The molecular weight excluding hydrogens is 366 g/mol. The highest BCUT2D eigenvalue weighted by molar-refractivity contribution is 8.00. The Morgan fingerprint density at radius 1 is 1.22 bits per heavy atom. The molecule has 7 nitrogen and oxygen atoms in total. The zero-order valence-corrected chi connectivity index (χ0v) is 15.8. The second-order valence-electron chi connectivity index (χ2n) is 5.64. The summed E-state index contributed by atoms with van der Waals surface area (Å²) >= 11 is 1.12. The molecule has 27 heavy (non-hydrogen) atoms. The molecule has 3 aromatic rings. The van der Waals surface area contributed by atoms with Gasteiger partial charge in [0.25, 0.3) is 0 Å². The number of H-pyrrole nitrogens is 1. The topological polar surface area (TPSA) is 88.2 Å². The number of amides is 1. The van der Waals surface area contributed by atoms with Crippen molar-refractivity contribution in [2.45, 2.75) is 24.1 Å². The third-order valence-corrected chi connectivity index (χ3v) is 4.86. The van der Waals surface area contributed by atoms with Crippen molar-refractivity contribution in [2.75, 3.05) is 11.9 Å². The summed E-state index contributed by atoms with van der Waals surface area (Å²) in [4.78, 5) is 24.7. The Labute approximate surface area is 160 Å². The van der Waals surface area contributed by atoms with E-state index >= 15 is 0 Å². The smallest absolute Gasteiger partial charge is 0.442 e. The van der Waals surface area contributed by atoms with Gasteiger partial charge in [-0.2, -0.15) is 0 Å². The zero-order chi connectivity index (χ0) is 19.2. The van der Waals surface area contributed by atoms with E-state index in [1.54, 1.807) is 19.1 Å². The number of aromatic nitrogens is 2. The average molecular weight is 386 g/mol. The lowest BCUT2D eigenvalue weighted by Gasteiger charge is -2.13. The molecule has 0 saturated carbocycles. The Balaban J connectivity index is 1.77. The molecule has 2 aromatic carbocycles. The number of thioether (sulfide) groups is 1. The first-order chi connectivity index (χ1) is 13.1. The monoisotopic (exact) mass is 386 g/mol. The Morgan fingerprint density at radius 3 is 2.67 bits per heavy atom. The summed E-state index contributed by atoms with van der Waals surface area (Å²) in [5.41, 5.74) is 0.798. The van der Waals surface area contributed by atoms with Gasteiger partial charge in [0, 0.05) is 12.1 Å². The van der Waals surface area contributed by atoms with Crippen molar-refractivity contribution in [1.82, 2.24) is 5.27 Å². The van der Waals surface area contributed by atoms with E-state index in [9.17, 15) is 9.59 Å². The molecule has 0 aliphatic carbocycles. The Kier molecular flexibility index (Phi) is 5.97. The fourth-order valence-corrected chi connectivity index (χ4v) is 3.30. The number of para-hydroxylation sites is 3. The van der Waals surface area contributed by atoms with E-state index in [0.717, 1.165) is 17.4 Å². The molecule has 0 saturated heterocycles. The first-order valence-electron chi connectivity index (χ1n) is 8.48. The van der Waals surface area contributed by atoms with Crippen molar-refractivity contribution in [2.24, 2.45) is 0 Å². The fourth-order valence-electron chi connectivity index (χ4n) is 2.42. The van der Waals surface area contributed by atoms with E-state index in [-0.39, 0.29) is 5.91 Å². The number of anilines is 1.